The van der Waals surface area contributed by atoms with Crippen LogP contribution >= 0.6 is 11.3 Å². The molecule has 0 bridgehead atoms. The fraction of sp³-hybridized carbons (Fsp3) is 0.296. The molecule has 1 fully saturated rings. The lowest BCUT2D eigenvalue weighted by molar-refractivity contribution is -0.127. The predicted octanol–water partition coefficient (Wildman–Crippen LogP) is 5.47. The first kappa shape index (κ1) is 23.8. The summed E-state index contributed by atoms with van der Waals surface area (Å²) in [5.74, 6) is -1.15. The molecule has 0 saturated heterocycles. The van der Waals surface area contributed by atoms with E-state index in [1.807, 2.05) is 17.5 Å². The molecule has 2 amide bonds. The molecular formula is C27H27FN2O3S. The van der Waals surface area contributed by atoms with Crippen LogP contribution in [0.4, 0.5) is 10.1 Å². The monoisotopic (exact) mass is 478 g/mol. The summed E-state index contributed by atoms with van der Waals surface area (Å²) in [6, 6.07) is 15.2. The van der Waals surface area contributed by atoms with E-state index in [9.17, 15) is 18.8 Å². The van der Waals surface area contributed by atoms with E-state index in [4.69, 9.17) is 0 Å². The molecule has 1 aliphatic rings. The van der Waals surface area contributed by atoms with E-state index >= 15 is 0 Å². The van der Waals surface area contributed by atoms with Gasteiger partial charge in [0.15, 0.2) is 5.78 Å². The first-order valence-corrected chi connectivity index (χ1v) is 12.3. The van der Waals surface area contributed by atoms with Crippen LogP contribution in [0.15, 0.2) is 66.0 Å². The maximum Gasteiger partial charge on any atom is 0.248 e. The molecule has 34 heavy (non-hydrogen) atoms. The van der Waals surface area contributed by atoms with E-state index in [1.165, 1.54) is 47.4 Å². The zero-order chi connectivity index (χ0) is 24.1. The maximum absolute atomic E-state index is 13.7. The molecule has 7 heteroatoms. The van der Waals surface area contributed by atoms with Crippen LogP contribution in [0.25, 0.3) is 0 Å². The van der Waals surface area contributed by atoms with Crippen LogP contribution in [0.3, 0.4) is 0 Å². The second-order valence-corrected chi connectivity index (χ2v) is 9.60. The number of hydrogen-bond acceptors (Lipinski definition) is 4. The van der Waals surface area contributed by atoms with Crippen LogP contribution in [-0.4, -0.2) is 23.6 Å². The number of halogens is 1. The largest absolute Gasteiger partial charge is 0.351 e. The molecule has 1 saturated carbocycles. The fourth-order valence-corrected chi connectivity index (χ4v) is 5.07. The van der Waals surface area contributed by atoms with Gasteiger partial charge in [0.25, 0.3) is 0 Å². The van der Waals surface area contributed by atoms with Crippen molar-refractivity contribution >= 4 is 34.6 Å². The van der Waals surface area contributed by atoms with Crippen molar-refractivity contribution in [3.8, 4) is 0 Å². The van der Waals surface area contributed by atoms with E-state index in [0.29, 0.717) is 16.8 Å². The number of amides is 2. The third-order valence-electron chi connectivity index (χ3n) is 6.10. The average molecular weight is 479 g/mol. The summed E-state index contributed by atoms with van der Waals surface area (Å²) in [7, 11) is 0. The summed E-state index contributed by atoms with van der Waals surface area (Å²) in [6.45, 7) is 1.46. The lowest BCUT2D eigenvalue weighted by atomic mass is 10.0. The van der Waals surface area contributed by atoms with Gasteiger partial charge in [-0.3, -0.25) is 19.3 Å². The van der Waals surface area contributed by atoms with Gasteiger partial charge in [0.05, 0.1) is 6.42 Å². The standard InChI is InChI=1S/C27H27FN2O3S/c1-18(31)20-6-4-9-23(16-20)30(25(32)17-24-10-5-15-34-24)26(19-11-13-21(28)14-12-19)27(33)29-22-7-2-3-8-22/h4-6,9-16,22,26H,2-3,7-8,17H2,1H3,(H,29,33)/t26-/m0/s1. The van der Waals surface area contributed by atoms with Crippen LogP contribution in [0.2, 0.25) is 0 Å². The minimum atomic E-state index is -1.00. The Kier molecular flexibility index (Phi) is 7.53. The Morgan fingerprint density at radius 3 is 2.44 bits per heavy atom. The van der Waals surface area contributed by atoms with Crippen molar-refractivity contribution in [3.05, 3.63) is 87.9 Å². The van der Waals surface area contributed by atoms with Gasteiger partial charge in [0.1, 0.15) is 11.9 Å². The molecular weight excluding hydrogens is 451 g/mol. The molecule has 0 unspecified atom stereocenters. The Bertz CT molecular complexity index is 1150. The second-order valence-electron chi connectivity index (χ2n) is 8.57. The number of carbonyl (C=O) groups is 3. The van der Waals surface area contributed by atoms with Crippen LogP contribution in [0, 0.1) is 5.82 Å². The number of Topliss-reactive ketones (excluding diaryl/α,β-unsaturated/α-hetero) is 1. The van der Waals surface area contributed by atoms with E-state index in [1.54, 1.807) is 24.3 Å². The summed E-state index contributed by atoms with van der Waals surface area (Å²) >= 11 is 1.46. The smallest absolute Gasteiger partial charge is 0.248 e. The molecule has 0 aliphatic heterocycles. The van der Waals surface area contributed by atoms with E-state index in [0.717, 1.165) is 30.6 Å². The topological polar surface area (TPSA) is 66.5 Å². The lowest BCUT2D eigenvalue weighted by Gasteiger charge is -2.32. The predicted molar refractivity (Wildman–Crippen MR) is 131 cm³/mol. The third kappa shape index (κ3) is 5.59. The summed E-state index contributed by atoms with van der Waals surface area (Å²) in [6.07, 6.45) is 3.99. The molecule has 3 aromatic rings. The van der Waals surface area contributed by atoms with Gasteiger partial charge in [0, 0.05) is 22.2 Å². The Hall–Kier alpha value is -3.32. The Morgan fingerprint density at radius 1 is 1.06 bits per heavy atom. The molecule has 5 nitrogen and oxygen atoms in total. The SMILES string of the molecule is CC(=O)c1cccc(N(C(=O)Cc2cccs2)[C@H](C(=O)NC2CCCC2)c2ccc(F)cc2)c1. The van der Waals surface area contributed by atoms with Gasteiger partial charge in [-0.1, -0.05) is 43.2 Å². The number of ketones is 1. The fourth-order valence-electron chi connectivity index (χ4n) is 4.37. The Balaban J connectivity index is 1.79. The summed E-state index contributed by atoms with van der Waals surface area (Å²) in [5.41, 5.74) is 1.40. The Morgan fingerprint density at radius 2 is 1.79 bits per heavy atom. The van der Waals surface area contributed by atoms with E-state index in [-0.39, 0.29) is 30.1 Å². The highest BCUT2D eigenvalue weighted by atomic mass is 32.1. The van der Waals surface area contributed by atoms with Gasteiger partial charge in [-0.05, 0) is 61.0 Å². The number of thiophene rings is 1. The zero-order valence-electron chi connectivity index (χ0n) is 19.0. The molecule has 176 valence electrons. The van der Waals surface area contributed by atoms with E-state index < -0.39 is 11.9 Å². The van der Waals surface area contributed by atoms with E-state index in [2.05, 4.69) is 5.32 Å². The maximum atomic E-state index is 13.7. The molecule has 4 rings (SSSR count). The summed E-state index contributed by atoms with van der Waals surface area (Å²) in [5, 5.41) is 5.00. The normalized spacial score (nSPS) is 14.5. The number of benzene rings is 2. The first-order valence-electron chi connectivity index (χ1n) is 11.4. The van der Waals surface area contributed by atoms with Gasteiger partial charge >= 0.3 is 0 Å². The summed E-state index contributed by atoms with van der Waals surface area (Å²) in [4.78, 5) is 41.8. The molecule has 1 aliphatic carbocycles. The minimum Gasteiger partial charge on any atom is -0.351 e. The highest BCUT2D eigenvalue weighted by Gasteiger charge is 2.34. The highest BCUT2D eigenvalue weighted by Crippen LogP contribution is 2.31. The quantitative estimate of drug-likeness (QED) is 0.437. The zero-order valence-corrected chi connectivity index (χ0v) is 19.8. The van der Waals surface area contributed by atoms with Crippen molar-refractivity contribution in [2.24, 2.45) is 0 Å². The number of anilines is 1. The molecule has 1 aromatic heterocycles. The second kappa shape index (κ2) is 10.7. The van der Waals surface area contributed by atoms with Crippen molar-refractivity contribution in [1.29, 1.82) is 0 Å². The van der Waals surface area contributed by atoms with Gasteiger partial charge < -0.3 is 5.32 Å². The summed E-state index contributed by atoms with van der Waals surface area (Å²) < 4.78 is 13.7. The average Bonchev–Trinajstić information content (AvgIpc) is 3.52. The number of carbonyl (C=O) groups excluding carboxylic acids is 3. The third-order valence-corrected chi connectivity index (χ3v) is 6.98. The minimum absolute atomic E-state index is 0.0493. The number of rotatable bonds is 8. The molecule has 0 spiro atoms. The molecule has 1 heterocycles. The van der Waals surface area contributed by atoms with Crippen molar-refractivity contribution < 1.29 is 18.8 Å². The van der Waals surface area contributed by atoms with Crippen LogP contribution in [-0.2, 0) is 16.0 Å². The first-order chi connectivity index (χ1) is 16.4. The lowest BCUT2D eigenvalue weighted by Crippen LogP contribution is -2.46. The van der Waals surface area contributed by atoms with Crippen LogP contribution < -0.4 is 10.2 Å². The van der Waals surface area contributed by atoms with Crippen molar-refractivity contribution in [2.45, 2.75) is 51.1 Å². The molecule has 0 radical (unpaired) electrons. The van der Waals surface area contributed by atoms with Gasteiger partial charge in [0.2, 0.25) is 11.8 Å². The van der Waals surface area contributed by atoms with Gasteiger partial charge in [-0.25, -0.2) is 4.39 Å². The molecule has 2 aromatic carbocycles. The number of nitrogens with zero attached hydrogens (tertiary/aromatic N) is 1. The van der Waals surface area contributed by atoms with Crippen molar-refractivity contribution in [3.63, 3.8) is 0 Å². The van der Waals surface area contributed by atoms with Crippen molar-refractivity contribution in [2.75, 3.05) is 4.90 Å². The van der Waals surface area contributed by atoms with Crippen LogP contribution in [0.1, 0.15) is 59.4 Å². The highest BCUT2D eigenvalue weighted by molar-refractivity contribution is 7.10. The van der Waals surface area contributed by atoms with Gasteiger partial charge in [-0.15, -0.1) is 11.3 Å². The number of nitrogens with one attached hydrogen (secondary N) is 1. The van der Waals surface area contributed by atoms with Gasteiger partial charge in [-0.2, -0.15) is 0 Å². The molecule has 1 N–H and O–H groups in total. The van der Waals surface area contributed by atoms with Crippen LogP contribution in [0.5, 0.6) is 0 Å². The number of hydrogen-bond donors (Lipinski definition) is 1. The van der Waals surface area contributed by atoms with Crippen molar-refractivity contribution in [1.82, 2.24) is 5.32 Å². The Labute approximate surface area is 202 Å². The molecule has 1 atom stereocenters.